The summed E-state index contributed by atoms with van der Waals surface area (Å²) in [5, 5.41) is 0. The number of aryl methyl sites for hydroxylation is 1. The molecule has 13 heteroatoms. The van der Waals surface area contributed by atoms with Crippen LogP contribution in [0.15, 0.2) is 6.33 Å². The number of sulfonamides is 1. The molecule has 2 fully saturated rings. The number of hydrogen-bond donors (Lipinski definition) is 1. The first-order valence-corrected chi connectivity index (χ1v) is 12.5. The van der Waals surface area contributed by atoms with Crippen LogP contribution in [0.1, 0.15) is 55.7 Å². The molecule has 33 heavy (non-hydrogen) atoms. The number of hydrogen-bond acceptors (Lipinski definition) is 7. The van der Waals surface area contributed by atoms with Gasteiger partial charge >= 0.3 is 15.5 Å². The maximum absolute atomic E-state index is 13.0. The van der Waals surface area contributed by atoms with Gasteiger partial charge in [-0.3, -0.25) is 4.79 Å². The number of fused-ring (bicyclic) bond motifs is 5. The molecule has 1 saturated carbocycles. The molecular formula is C20H27F3N4O5S. The molecule has 1 aliphatic carbocycles. The molecule has 0 unspecified atom stereocenters. The van der Waals surface area contributed by atoms with E-state index in [4.69, 9.17) is 9.47 Å². The van der Waals surface area contributed by atoms with Crippen molar-refractivity contribution >= 4 is 15.9 Å². The van der Waals surface area contributed by atoms with E-state index in [1.54, 1.807) is 4.72 Å². The fraction of sp³-hybridized carbons (Fsp3) is 0.750. The Balaban J connectivity index is 1.62. The number of nitrogens with zero attached hydrogens (tertiary/aromatic N) is 3. The van der Waals surface area contributed by atoms with Gasteiger partial charge < -0.3 is 14.4 Å². The molecular weight excluding hydrogens is 465 g/mol. The molecule has 0 spiro atoms. The number of carbonyl (C=O) groups is 1. The zero-order valence-corrected chi connectivity index (χ0v) is 19.0. The van der Waals surface area contributed by atoms with Crippen LogP contribution in [0.2, 0.25) is 0 Å². The Morgan fingerprint density at radius 2 is 1.88 bits per heavy atom. The van der Waals surface area contributed by atoms with Crippen molar-refractivity contribution in [2.24, 2.45) is 0 Å². The number of ether oxygens (including phenoxy) is 2. The van der Waals surface area contributed by atoms with Crippen molar-refractivity contribution in [3.63, 3.8) is 0 Å². The Morgan fingerprint density at radius 3 is 2.58 bits per heavy atom. The van der Waals surface area contributed by atoms with Crippen LogP contribution < -0.4 is 9.46 Å². The second-order valence-electron chi connectivity index (χ2n) is 8.74. The number of piperidine rings is 1. The quantitative estimate of drug-likeness (QED) is 0.673. The summed E-state index contributed by atoms with van der Waals surface area (Å²) in [5.74, 6) is 0.0292. The number of aromatic nitrogens is 2. The van der Waals surface area contributed by atoms with Crippen molar-refractivity contribution < 1.29 is 35.9 Å². The first kappa shape index (κ1) is 24.1. The van der Waals surface area contributed by atoms with Gasteiger partial charge in [0.25, 0.3) is 5.91 Å². The minimum atomic E-state index is -5.57. The number of amides is 1. The van der Waals surface area contributed by atoms with Crippen LogP contribution in [0.3, 0.4) is 0 Å². The minimum Gasteiger partial charge on any atom is -0.467 e. The molecule has 0 aromatic carbocycles. The maximum atomic E-state index is 13.0. The first-order valence-electron chi connectivity index (χ1n) is 11.0. The van der Waals surface area contributed by atoms with Crippen LogP contribution in [0, 0.1) is 6.92 Å². The zero-order valence-electron chi connectivity index (χ0n) is 18.2. The molecule has 5 rings (SSSR count). The van der Waals surface area contributed by atoms with E-state index in [1.165, 1.54) is 11.2 Å². The van der Waals surface area contributed by atoms with Crippen LogP contribution in [-0.2, 0) is 19.6 Å². The highest BCUT2D eigenvalue weighted by molar-refractivity contribution is 7.90. The van der Waals surface area contributed by atoms with Crippen molar-refractivity contribution in [1.82, 2.24) is 19.6 Å². The van der Waals surface area contributed by atoms with E-state index in [9.17, 15) is 26.4 Å². The van der Waals surface area contributed by atoms with Gasteiger partial charge in [0.1, 0.15) is 6.33 Å². The molecule has 1 amide bonds. The predicted octanol–water partition coefficient (Wildman–Crippen LogP) is 2.02. The zero-order chi connectivity index (χ0) is 23.8. The van der Waals surface area contributed by atoms with Crippen molar-refractivity contribution in [2.45, 2.75) is 75.1 Å². The Bertz CT molecular complexity index is 982. The standard InChI is InChI=1S/C20H27F3N4O5S/c1-12-18-13-4-6-14(7-5-13)31-9-16-15(26-33(29,30)20(21,22)23)3-2-8-27(16)17(28)10-32-19(18)25-11-24-12/h11,13-16,26H,2-10H2,1H3/t13?,14?,15-,16-/m0/s1. The van der Waals surface area contributed by atoms with E-state index in [0.717, 1.165) is 36.9 Å². The van der Waals surface area contributed by atoms with Gasteiger partial charge in [0.05, 0.1) is 18.8 Å². The second kappa shape index (κ2) is 9.34. The van der Waals surface area contributed by atoms with Crippen molar-refractivity contribution in [3.05, 3.63) is 17.6 Å². The van der Waals surface area contributed by atoms with Gasteiger partial charge in [-0.1, -0.05) is 0 Å². The summed E-state index contributed by atoms with van der Waals surface area (Å²) in [4.78, 5) is 22.9. The number of alkyl halides is 3. The van der Waals surface area contributed by atoms with Crippen LogP contribution in [0.4, 0.5) is 13.2 Å². The summed E-state index contributed by atoms with van der Waals surface area (Å²) in [6, 6.07) is -2.00. The largest absolute Gasteiger partial charge is 0.511 e. The third kappa shape index (κ3) is 5.09. The fourth-order valence-corrected chi connectivity index (χ4v) is 5.80. The molecule has 4 aliphatic rings. The van der Waals surface area contributed by atoms with Crippen LogP contribution >= 0.6 is 0 Å². The molecule has 1 saturated heterocycles. The molecule has 1 N–H and O–H groups in total. The predicted molar refractivity (Wildman–Crippen MR) is 110 cm³/mol. The Morgan fingerprint density at radius 1 is 1.15 bits per heavy atom. The van der Waals surface area contributed by atoms with E-state index in [-0.39, 0.29) is 38.2 Å². The highest BCUT2D eigenvalue weighted by Crippen LogP contribution is 2.39. The number of nitrogens with one attached hydrogen (secondary N) is 1. The Kier molecular flexibility index (Phi) is 6.83. The van der Waals surface area contributed by atoms with E-state index in [1.807, 2.05) is 6.92 Å². The molecule has 1 aromatic heterocycles. The highest BCUT2D eigenvalue weighted by atomic mass is 32.2. The minimum absolute atomic E-state index is 0.0576. The SMILES string of the molecule is Cc1ncnc2c1C1CCC(CC1)OC[C@H]1[C@@H](NS(=O)(=O)C(F)(F)F)CCCN1C(=O)CO2. The van der Waals surface area contributed by atoms with Gasteiger partial charge in [-0.2, -0.15) is 13.2 Å². The monoisotopic (exact) mass is 492 g/mol. The molecule has 2 atom stereocenters. The third-order valence-corrected chi connectivity index (χ3v) is 7.90. The first-order chi connectivity index (χ1) is 15.6. The summed E-state index contributed by atoms with van der Waals surface area (Å²) < 4.78 is 76.1. The van der Waals surface area contributed by atoms with Crippen LogP contribution in [-0.4, -0.2) is 72.6 Å². The van der Waals surface area contributed by atoms with E-state index < -0.39 is 33.5 Å². The Labute approximate surface area is 190 Å². The lowest BCUT2D eigenvalue weighted by molar-refractivity contribution is -0.140. The number of carbonyl (C=O) groups excluding carboxylic acids is 1. The Hall–Kier alpha value is -1.99. The number of halogens is 3. The van der Waals surface area contributed by atoms with E-state index in [0.29, 0.717) is 12.3 Å². The smallest absolute Gasteiger partial charge is 0.467 e. The third-order valence-electron chi connectivity index (χ3n) is 6.67. The van der Waals surface area contributed by atoms with Gasteiger partial charge in [-0.15, -0.1) is 0 Å². The number of rotatable bonds is 2. The fourth-order valence-electron chi connectivity index (χ4n) is 4.99. The molecule has 4 heterocycles. The van der Waals surface area contributed by atoms with Gasteiger partial charge in [-0.25, -0.2) is 23.1 Å². The van der Waals surface area contributed by atoms with Crippen LogP contribution in [0.25, 0.3) is 0 Å². The van der Waals surface area contributed by atoms with Gasteiger partial charge in [0, 0.05) is 23.8 Å². The summed E-state index contributed by atoms with van der Waals surface area (Å²) in [6.07, 6.45) is 4.78. The van der Waals surface area contributed by atoms with Crippen molar-refractivity contribution in [3.8, 4) is 5.88 Å². The summed E-state index contributed by atoms with van der Waals surface area (Å²) >= 11 is 0. The van der Waals surface area contributed by atoms with Gasteiger partial charge in [0.15, 0.2) is 6.61 Å². The second-order valence-corrected chi connectivity index (χ2v) is 10.4. The lowest BCUT2D eigenvalue weighted by Gasteiger charge is -2.42. The lowest BCUT2D eigenvalue weighted by Crippen LogP contribution is -2.60. The van der Waals surface area contributed by atoms with Crippen LogP contribution in [0.5, 0.6) is 5.88 Å². The normalized spacial score (nSPS) is 29.2. The lowest BCUT2D eigenvalue weighted by atomic mass is 9.82. The average molecular weight is 493 g/mol. The molecule has 184 valence electrons. The summed E-state index contributed by atoms with van der Waals surface area (Å²) in [6.45, 7) is 1.71. The average Bonchev–Trinajstić information content (AvgIpc) is 2.77. The van der Waals surface area contributed by atoms with Crippen molar-refractivity contribution in [1.29, 1.82) is 0 Å². The molecule has 2 bridgehead atoms. The van der Waals surface area contributed by atoms with Crippen molar-refractivity contribution in [2.75, 3.05) is 19.8 Å². The van der Waals surface area contributed by atoms with E-state index >= 15 is 0 Å². The van der Waals surface area contributed by atoms with Gasteiger partial charge in [-0.05, 0) is 51.4 Å². The molecule has 0 radical (unpaired) electrons. The van der Waals surface area contributed by atoms with Gasteiger partial charge in [0.2, 0.25) is 5.88 Å². The highest BCUT2D eigenvalue weighted by Gasteiger charge is 2.49. The maximum Gasteiger partial charge on any atom is 0.511 e. The summed E-state index contributed by atoms with van der Waals surface area (Å²) in [5.41, 5.74) is -3.79. The summed E-state index contributed by atoms with van der Waals surface area (Å²) in [7, 11) is -5.57. The molecule has 9 nitrogen and oxygen atoms in total. The topological polar surface area (TPSA) is 111 Å². The molecule has 1 aromatic rings. The van der Waals surface area contributed by atoms with E-state index in [2.05, 4.69) is 9.97 Å². The molecule has 3 aliphatic heterocycles.